The molecule has 0 aromatic rings. The fourth-order valence-corrected chi connectivity index (χ4v) is 5.16. The van der Waals surface area contributed by atoms with Gasteiger partial charge >= 0.3 is 0 Å². The molecule has 2 aliphatic heterocycles. The number of rotatable bonds is 7. The van der Waals surface area contributed by atoms with Crippen molar-refractivity contribution in [3.63, 3.8) is 0 Å². The number of hydrogen-bond donors (Lipinski definition) is 0. The van der Waals surface area contributed by atoms with Crippen molar-refractivity contribution in [3.8, 4) is 0 Å². The van der Waals surface area contributed by atoms with E-state index in [0.29, 0.717) is 25.9 Å². The molecule has 0 aromatic carbocycles. The second kappa shape index (κ2) is 10.0. The molecule has 2 heterocycles. The number of piperidine rings is 1. The van der Waals surface area contributed by atoms with E-state index in [4.69, 9.17) is 0 Å². The third kappa shape index (κ3) is 5.92. The van der Waals surface area contributed by atoms with E-state index in [0.717, 1.165) is 26.2 Å². The van der Waals surface area contributed by atoms with Crippen LogP contribution < -0.4 is 0 Å². The minimum Gasteiger partial charge on any atom is -0.339 e. The first-order valence-corrected chi connectivity index (χ1v) is 12.0. The topological polar surface area (TPSA) is 60.9 Å². The van der Waals surface area contributed by atoms with Gasteiger partial charge < -0.3 is 9.80 Å². The number of sulfonamides is 1. The van der Waals surface area contributed by atoms with E-state index in [9.17, 15) is 13.2 Å². The Bertz CT molecular complexity index is 534. The maximum atomic E-state index is 13.0. The first-order chi connectivity index (χ1) is 12.3. The molecule has 2 aliphatic rings. The fraction of sp³-hybridized carbons (Fsp3) is 0.947. The van der Waals surface area contributed by atoms with E-state index >= 15 is 0 Å². The Hall–Kier alpha value is -0.660. The molecule has 7 heteroatoms. The van der Waals surface area contributed by atoms with Crippen molar-refractivity contribution < 1.29 is 13.2 Å². The highest BCUT2D eigenvalue weighted by Gasteiger charge is 2.33. The normalized spacial score (nSPS) is 21.7. The molecule has 0 saturated carbocycles. The van der Waals surface area contributed by atoms with E-state index in [1.807, 2.05) is 4.90 Å². The molecule has 0 unspecified atom stereocenters. The summed E-state index contributed by atoms with van der Waals surface area (Å²) in [5.41, 5.74) is 0. The summed E-state index contributed by atoms with van der Waals surface area (Å²) in [5.74, 6) is 0.313. The molecule has 2 saturated heterocycles. The standard InChI is InChI=1S/C19H37N3O3S/c1-4-26(24,25)21-13-9-18(10-14-21)19(23)22(17(2)3)16-15-20-11-7-5-6-8-12-20/h17-18H,4-16H2,1-3H3. The average molecular weight is 388 g/mol. The minimum atomic E-state index is -3.13. The zero-order chi connectivity index (χ0) is 19.2. The zero-order valence-corrected chi connectivity index (χ0v) is 17.6. The van der Waals surface area contributed by atoms with Crippen molar-refractivity contribution in [1.82, 2.24) is 14.1 Å². The molecule has 0 N–H and O–H groups in total. The summed E-state index contributed by atoms with van der Waals surface area (Å²) < 4.78 is 25.6. The number of likely N-dealkylation sites (tertiary alicyclic amines) is 1. The maximum absolute atomic E-state index is 13.0. The van der Waals surface area contributed by atoms with Gasteiger partial charge in [-0.1, -0.05) is 12.8 Å². The minimum absolute atomic E-state index is 0.0372. The SMILES string of the molecule is CCS(=O)(=O)N1CCC(C(=O)N(CCN2CCCCCC2)C(C)C)CC1. The van der Waals surface area contributed by atoms with Gasteiger partial charge in [0.1, 0.15) is 0 Å². The summed E-state index contributed by atoms with van der Waals surface area (Å²) in [6, 6.07) is 0.187. The highest BCUT2D eigenvalue weighted by atomic mass is 32.2. The van der Waals surface area contributed by atoms with E-state index in [-0.39, 0.29) is 23.6 Å². The molecule has 0 radical (unpaired) electrons. The van der Waals surface area contributed by atoms with E-state index < -0.39 is 10.0 Å². The van der Waals surface area contributed by atoms with Gasteiger partial charge in [-0.25, -0.2) is 12.7 Å². The van der Waals surface area contributed by atoms with Crippen LogP contribution in [-0.4, -0.2) is 79.5 Å². The van der Waals surface area contributed by atoms with Crippen molar-refractivity contribution in [2.24, 2.45) is 5.92 Å². The largest absolute Gasteiger partial charge is 0.339 e. The Balaban J connectivity index is 1.88. The Morgan fingerprint density at radius 2 is 1.62 bits per heavy atom. The zero-order valence-electron chi connectivity index (χ0n) is 16.8. The monoisotopic (exact) mass is 387 g/mol. The van der Waals surface area contributed by atoms with Crippen LogP contribution in [0.5, 0.6) is 0 Å². The quantitative estimate of drug-likeness (QED) is 0.672. The molecule has 1 amide bonds. The summed E-state index contributed by atoms with van der Waals surface area (Å²) in [6.07, 6.45) is 6.46. The Labute approximate surface area is 159 Å². The van der Waals surface area contributed by atoms with Gasteiger partial charge in [-0.15, -0.1) is 0 Å². The molecular formula is C19H37N3O3S. The van der Waals surface area contributed by atoms with Crippen LogP contribution in [-0.2, 0) is 14.8 Å². The molecular weight excluding hydrogens is 350 g/mol. The van der Waals surface area contributed by atoms with Crippen molar-refractivity contribution in [2.45, 2.75) is 65.3 Å². The first-order valence-electron chi connectivity index (χ1n) is 10.4. The van der Waals surface area contributed by atoms with Crippen LogP contribution in [0.25, 0.3) is 0 Å². The predicted octanol–water partition coefficient (Wildman–Crippen LogP) is 2.16. The van der Waals surface area contributed by atoms with Gasteiger partial charge in [-0.3, -0.25) is 4.79 Å². The van der Waals surface area contributed by atoms with Crippen LogP contribution in [0.15, 0.2) is 0 Å². The lowest BCUT2D eigenvalue weighted by molar-refractivity contribution is -0.138. The van der Waals surface area contributed by atoms with E-state index in [2.05, 4.69) is 18.7 Å². The van der Waals surface area contributed by atoms with Crippen LogP contribution in [0.2, 0.25) is 0 Å². The Morgan fingerprint density at radius 3 is 2.12 bits per heavy atom. The summed E-state index contributed by atoms with van der Waals surface area (Å²) in [7, 11) is -3.13. The molecule has 26 heavy (non-hydrogen) atoms. The molecule has 0 spiro atoms. The number of carbonyl (C=O) groups is 1. The van der Waals surface area contributed by atoms with Crippen molar-refractivity contribution in [3.05, 3.63) is 0 Å². The van der Waals surface area contributed by atoms with E-state index in [1.165, 1.54) is 25.7 Å². The summed E-state index contributed by atoms with van der Waals surface area (Å²) in [6.45, 7) is 10.8. The van der Waals surface area contributed by atoms with Crippen molar-refractivity contribution >= 4 is 15.9 Å². The van der Waals surface area contributed by atoms with Gasteiger partial charge in [0.05, 0.1) is 5.75 Å². The van der Waals surface area contributed by atoms with Gasteiger partial charge in [0.15, 0.2) is 0 Å². The first kappa shape index (κ1) is 21.6. The summed E-state index contributed by atoms with van der Waals surface area (Å²) in [4.78, 5) is 17.6. The van der Waals surface area contributed by atoms with Gasteiger partial charge in [0.2, 0.25) is 15.9 Å². The Morgan fingerprint density at radius 1 is 1.04 bits per heavy atom. The highest BCUT2D eigenvalue weighted by molar-refractivity contribution is 7.89. The highest BCUT2D eigenvalue weighted by Crippen LogP contribution is 2.23. The van der Waals surface area contributed by atoms with Gasteiger partial charge in [0.25, 0.3) is 0 Å². The molecule has 0 aliphatic carbocycles. The lowest BCUT2D eigenvalue weighted by Gasteiger charge is -2.36. The summed E-state index contributed by atoms with van der Waals surface area (Å²) in [5, 5.41) is 0. The van der Waals surface area contributed by atoms with E-state index in [1.54, 1.807) is 11.2 Å². The van der Waals surface area contributed by atoms with Crippen LogP contribution in [0.4, 0.5) is 0 Å². The molecule has 0 aromatic heterocycles. The molecule has 2 fully saturated rings. The number of amides is 1. The van der Waals surface area contributed by atoms with Crippen LogP contribution in [0.1, 0.15) is 59.3 Å². The molecule has 152 valence electrons. The van der Waals surface area contributed by atoms with Gasteiger partial charge in [0, 0.05) is 38.1 Å². The maximum Gasteiger partial charge on any atom is 0.226 e. The second-order valence-corrected chi connectivity index (χ2v) is 10.2. The Kier molecular flexibility index (Phi) is 8.36. The van der Waals surface area contributed by atoms with Gasteiger partial charge in [-0.2, -0.15) is 0 Å². The summed E-state index contributed by atoms with van der Waals surface area (Å²) >= 11 is 0. The second-order valence-electron chi connectivity index (χ2n) is 7.96. The third-order valence-corrected chi connectivity index (χ3v) is 7.71. The molecule has 0 atom stereocenters. The van der Waals surface area contributed by atoms with Crippen LogP contribution >= 0.6 is 0 Å². The number of carbonyl (C=O) groups excluding carboxylic acids is 1. The van der Waals surface area contributed by atoms with Crippen LogP contribution in [0.3, 0.4) is 0 Å². The fourth-order valence-electron chi connectivity index (χ4n) is 4.03. The molecule has 6 nitrogen and oxygen atoms in total. The lowest BCUT2D eigenvalue weighted by atomic mass is 9.96. The lowest BCUT2D eigenvalue weighted by Crippen LogP contribution is -2.48. The average Bonchev–Trinajstić information content (AvgIpc) is 2.90. The molecule has 2 rings (SSSR count). The third-order valence-electron chi connectivity index (χ3n) is 5.82. The number of nitrogens with zero attached hydrogens (tertiary/aromatic N) is 3. The van der Waals surface area contributed by atoms with Crippen molar-refractivity contribution in [2.75, 3.05) is 45.0 Å². The van der Waals surface area contributed by atoms with Crippen LogP contribution in [0, 0.1) is 5.92 Å². The smallest absolute Gasteiger partial charge is 0.226 e. The molecule has 0 bridgehead atoms. The predicted molar refractivity (Wildman–Crippen MR) is 106 cm³/mol. The number of hydrogen-bond acceptors (Lipinski definition) is 4. The van der Waals surface area contributed by atoms with Gasteiger partial charge in [-0.05, 0) is 59.5 Å². The van der Waals surface area contributed by atoms with Crippen molar-refractivity contribution in [1.29, 1.82) is 0 Å².